The van der Waals surface area contributed by atoms with Crippen LogP contribution in [0.1, 0.15) is 43.3 Å². The van der Waals surface area contributed by atoms with Crippen LogP contribution in [0.25, 0.3) is 11.3 Å². The fraction of sp³-hybridized carbons (Fsp3) is 0.412. The molecule has 0 spiro atoms. The summed E-state index contributed by atoms with van der Waals surface area (Å²) < 4.78 is 0. The van der Waals surface area contributed by atoms with E-state index in [1.165, 1.54) is 5.56 Å². The normalized spacial score (nSPS) is 12.4. The van der Waals surface area contributed by atoms with Crippen molar-refractivity contribution in [3.63, 3.8) is 0 Å². The SMILES string of the molecule is CCc1ccc(-c2cc(C)nc(C(C)CCN)n2)cc1. The molecule has 106 valence electrons. The molecule has 3 nitrogen and oxygen atoms in total. The van der Waals surface area contributed by atoms with E-state index in [0.717, 1.165) is 35.6 Å². The first kappa shape index (κ1) is 14.7. The molecule has 3 heteroatoms. The molecule has 0 saturated carbocycles. The molecule has 1 atom stereocenters. The molecule has 0 bridgehead atoms. The van der Waals surface area contributed by atoms with Crippen LogP contribution >= 0.6 is 0 Å². The molecule has 2 rings (SSSR count). The Morgan fingerprint density at radius 3 is 2.45 bits per heavy atom. The molecule has 1 unspecified atom stereocenters. The molecule has 0 aliphatic carbocycles. The van der Waals surface area contributed by atoms with Gasteiger partial charge in [0.1, 0.15) is 5.82 Å². The molecule has 0 amide bonds. The van der Waals surface area contributed by atoms with Crippen molar-refractivity contribution in [2.45, 2.75) is 39.5 Å². The van der Waals surface area contributed by atoms with Crippen LogP contribution in [0.4, 0.5) is 0 Å². The van der Waals surface area contributed by atoms with Gasteiger partial charge >= 0.3 is 0 Å². The van der Waals surface area contributed by atoms with Gasteiger partial charge in [-0.1, -0.05) is 38.1 Å². The quantitative estimate of drug-likeness (QED) is 0.904. The van der Waals surface area contributed by atoms with Crippen molar-refractivity contribution in [2.75, 3.05) is 6.54 Å². The first-order valence-corrected chi connectivity index (χ1v) is 7.29. The third-order valence-electron chi connectivity index (χ3n) is 3.57. The molecule has 0 aliphatic heterocycles. The summed E-state index contributed by atoms with van der Waals surface area (Å²) in [6.45, 7) is 6.98. The predicted octanol–water partition coefficient (Wildman–Crippen LogP) is 3.47. The number of aryl methyl sites for hydroxylation is 2. The van der Waals surface area contributed by atoms with Crippen LogP contribution in [0, 0.1) is 6.92 Å². The minimum atomic E-state index is 0.300. The first-order valence-electron chi connectivity index (χ1n) is 7.29. The van der Waals surface area contributed by atoms with Crippen molar-refractivity contribution in [3.8, 4) is 11.3 Å². The largest absolute Gasteiger partial charge is 0.330 e. The van der Waals surface area contributed by atoms with Crippen LogP contribution in [0.3, 0.4) is 0 Å². The van der Waals surface area contributed by atoms with E-state index in [9.17, 15) is 0 Å². The number of nitrogens with zero attached hydrogens (tertiary/aromatic N) is 2. The van der Waals surface area contributed by atoms with Crippen molar-refractivity contribution in [1.82, 2.24) is 9.97 Å². The monoisotopic (exact) mass is 269 g/mol. The maximum absolute atomic E-state index is 5.63. The third-order valence-corrected chi connectivity index (χ3v) is 3.57. The molecule has 0 fully saturated rings. The molecule has 1 aromatic carbocycles. The van der Waals surface area contributed by atoms with Gasteiger partial charge in [0, 0.05) is 17.2 Å². The summed E-state index contributed by atoms with van der Waals surface area (Å²) in [6, 6.07) is 10.6. The summed E-state index contributed by atoms with van der Waals surface area (Å²) in [5.74, 6) is 1.19. The lowest BCUT2D eigenvalue weighted by Gasteiger charge is -2.11. The Balaban J connectivity index is 2.35. The van der Waals surface area contributed by atoms with Gasteiger partial charge in [0.2, 0.25) is 0 Å². The molecular weight excluding hydrogens is 246 g/mol. The zero-order valence-corrected chi connectivity index (χ0v) is 12.6. The van der Waals surface area contributed by atoms with Crippen molar-refractivity contribution in [3.05, 3.63) is 47.4 Å². The summed E-state index contributed by atoms with van der Waals surface area (Å²) in [4.78, 5) is 9.26. The lowest BCUT2D eigenvalue weighted by Crippen LogP contribution is -2.09. The van der Waals surface area contributed by atoms with Crippen LogP contribution in [-0.4, -0.2) is 16.5 Å². The lowest BCUT2D eigenvalue weighted by atomic mass is 10.0. The average Bonchev–Trinajstić information content (AvgIpc) is 2.47. The fourth-order valence-electron chi connectivity index (χ4n) is 2.25. The molecule has 2 N–H and O–H groups in total. The Labute approximate surface area is 121 Å². The topological polar surface area (TPSA) is 51.8 Å². The Morgan fingerprint density at radius 2 is 1.85 bits per heavy atom. The standard InChI is InChI=1S/C17H23N3/c1-4-14-5-7-15(8-6-14)16-11-13(3)19-17(20-16)12(2)9-10-18/h5-8,11-12H,4,9-10,18H2,1-3H3. The Hall–Kier alpha value is -1.74. The molecule has 1 heterocycles. The van der Waals surface area contributed by atoms with E-state index in [4.69, 9.17) is 10.7 Å². The second-order valence-corrected chi connectivity index (χ2v) is 5.28. The second kappa shape index (κ2) is 6.62. The van der Waals surface area contributed by atoms with E-state index < -0.39 is 0 Å². The van der Waals surface area contributed by atoms with Crippen molar-refractivity contribution >= 4 is 0 Å². The highest BCUT2D eigenvalue weighted by molar-refractivity contribution is 5.59. The number of nitrogens with two attached hydrogens (primary N) is 1. The van der Waals surface area contributed by atoms with Crippen molar-refractivity contribution in [1.29, 1.82) is 0 Å². The highest BCUT2D eigenvalue weighted by Gasteiger charge is 2.11. The molecule has 0 radical (unpaired) electrons. The maximum atomic E-state index is 5.63. The zero-order chi connectivity index (χ0) is 14.5. The van der Waals surface area contributed by atoms with Crippen LogP contribution in [0.2, 0.25) is 0 Å². The third kappa shape index (κ3) is 3.42. The molecule has 20 heavy (non-hydrogen) atoms. The minimum absolute atomic E-state index is 0.300. The Kier molecular flexibility index (Phi) is 4.85. The van der Waals surface area contributed by atoms with Gasteiger partial charge in [0.25, 0.3) is 0 Å². The minimum Gasteiger partial charge on any atom is -0.330 e. The Morgan fingerprint density at radius 1 is 1.15 bits per heavy atom. The average molecular weight is 269 g/mol. The van der Waals surface area contributed by atoms with Gasteiger partial charge in [-0.15, -0.1) is 0 Å². The molecule has 0 saturated heterocycles. The van der Waals surface area contributed by atoms with Gasteiger partial charge in [-0.05, 0) is 37.9 Å². The van der Waals surface area contributed by atoms with E-state index in [1.807, 2.05) is 13.0 Å². The predicted molar refractivity (Wildman–Crippen MR) is 83.7 cm³/mol. The summed E-state index contributed by atoms with van der Waals surface area (Å²) in [7, 11) is 0. The van der Waals surface area contributed by atoms with Gasteiger partial charge in [0.05, 0.1) is 5.69 Å². The van der Waals surface area contributed by atoms with Gasteiger partial charge < -0.3 is 5.73 Å². The number of rotatable bonds is 5. The van der Waals surface area contributed by atoms with Gasteiger partial charge in [-0.25, -0.2) is 9.97 Å². The summed E-state index contributed by atoms with van der Waals surface area (Å²) >= 11 is 0. The van der Waals surface area contributed by atoms with E-state index >= 15 is 0 Å². The van der Waals surface area contributed by atoms with Crippen molar-refractivity contribution < 1.29 is 0 Å². The molecule has 0 aliphatic rings. The van der Waals surface area contributed by atoms with Crippen LogP contribution in [0.15, 0.2) is 30.3 Å². The van der Waals surface area contributed by atoms with E-state index in [0.29, 0.717) is 12.5 Å². The van der Waals surface area contributed by atoms with E-state index in [-0.39, 0.29) is 0 Å². The van der Waals surface area contributed by atoms with E-state index in [1.54, 1.807) is 0 Å². The van der Waals surface area contributed by atoms with Gasteiger partial charge in [-0.3, -0.25) is 0 Å². The molecule has 2 aromatic rings. The number of hydrogen-bond donors (Lipinski definition) is 1. The summed E-state index contributed by atoms with van der Waals surface area (Å²) in [5.41, 5.74) is 10.1. The number of aromatic nitrogens is 2. The second-order valence-electron chi connectivity index (χ2n) is 5.28. The Bertz CT molecular complexity index is 561. The van der Waals surface area contributed by atoms with Gasteiger partial charge in [0.15, 0.2) is 0 Å². The highest BCUT2D eigenvalue weighted by Crippen LogP contribution is 2.22. The van der Waals surface area contributed by atoms with Gasteiger partial charge in [-0.2, -0.15) is 0 Å². The first-order chi connectivity index (χ1) is 9.63. The van der Waals surface area contributed by atoms with Crippen LogP contribution < -0.4 is 5.73 Å². The fourth-order valence-corrected chi connectivity index (χ4v) is 2.25. The van der Waals surface area contributed by atoms with E-state index in [2.05, 4.69) is 43.1 Å². The smallest absolute Gasteiger partial charge is 0.132 e. The zero-order valence-electron chi connectivity index (χ0n) is 12.6. The molecule has 1 aromatic heterocycles. The summed E-state index contributed by atoms with van der Waals surface area (Å²) in [6.07, 6.45) is 1.97. The highest BCUT2D eigenvalue weighted by atomic mass is 14.9. The lowest BCUT2D eigenvalue weighted by molar-refractivity contribution is 0.645. The number of benzene rings is 1. The van der Waals surface area contributed by atoms with Crippen LogP contribution in [0.5, 0.6) is 0 Å². The number of hydrogen-bond acceptors (Lipinski definition) is 3. The molecular formula is C17H23N3. The van der Waals surface area contributed by atoms with Crippen LogP contribution in [-0.2, 0) is 6.42 Å². The van der Waals surface area contributed by atoms with Crippen molar-refractivity contribution in [2.24, 2.45) is 5.73 Å². The maximum Gasteiger partial charge on any atom is 0.132 e. The summed E-state index contributed by atoms with van der Waals surface area (Å²) in [5, 5.41) is 0.